The van der Waals surface area contributed by atoms with Crippen molar-refractivity contribution in [2.75, 3.05) is 0 Å². The quantitative estimate of drug-likeness (QED) is 0.717. The molecule has 0 unspecified atom stereocenters. The molecule has 4 heteroatoms. The molecular formula is C10H12N4. The van der Waals surface area contributed by atoms with Crippen LogP contribution in [-0.2, 0) is 6.42 Å². The van der Waals surface area contributed by atoms with Crippen LogP contribution in [0.3, 0.4) is 0 Å². The van der Waals surface area contributed by atoms with Gasteiger partial charge in [0.2, 0.25) is 5.95 Å². The molecule has 0 N–H and O–H groups in total. The first kappa shape index (κ1) is 8.87. The molecule has 2 heterocycles. The van der Waals surface area contributed by atoms with Gasteiger partial charge in [0.1, 0.15) is 0 Å². The molecule has 0 radical (unpaired) electrons. The van der Waals surface area contributed by atoms with Crippen molar-refractivity contribution in [2.24, 2.45) is 0 Å². The Morgan fingerprint density at radius 2 is 2.00 bits per heavy atom. The third kappa shape index (κ3) is 1.51. The lowest BCUT2D eigenvalue weighted by atomic mass is 10.2. The smallest absolute Gasteiger partial charge is 0.220 e. The van der Waals surface area contributed by atoms with Gasteiger partial charge in [-0.3, -0.25) is 0 Å². The van der Waals surface area contributed by atoms with Gasteiger partial charge in [-0.1, -0.05) is 6.92 Å². The molecule has 14 heavy (non-hydrogen) atoms. The summed E-state index contributed by atoms with van der Waals surface area (Å²) in [4.78, 5) is 8.25. The Balaban J connectivity index is 2.43. The summed E-state index contributed by atoms with van der Waals surface area (Å²) >= 11 is 0. The normalized spacial score (nSPS) is 10.4. The van der Waals surface area contributed by atoms with E-state index in [4.69, 9.17) is 0 Å². The summed E-state index contributed by atoms with van der Waals surface area (Å²) in [6, 6.07) is 1.79. The molecule has 0 aliphatic carbocycles. The summed E-state index contributed by atoms with van der Waals surface area (Å²) in [7, 11) is 0. The molecule has 0 atom stereocenters. The van der Waals surface area contributed by atoms with Crippen molar-refractivity contribution in [3.05, 3.63) is 35.9 Å². The van der Waals surface area contributed by atoms with Crippen molar-refractivity contribution in [3.63, 3.8) is 0 Å². The highest BCUT2D eigenvalue weighted by Crippen LogP contribution is 2.08. The SMILES string of the molecule is CCc1nn(-c2ncccn2)cc1C. The summed E-state index contributed by atoms with van der Waals surface area (Å²) in [5.74, 6) is 0.621. The Labute approximate surface area is 82.6 Å². The van der Waals surface area contributed by atoms with Crippen LogP contribution in [0.5, 0.6) is 0 Å². The minimum Gasteiger partial charge on any atom is -0.220 e. The molecule has 0 saturated heterocycles. The minimum absolute atomic E-state index is 0.621. The topological polar surface area (TPSA) is 43.6 Å². The zero-order valence-corrected chi connectivity index (χ0v) is 8.31. The van der Waals surface area contributed by atoms with E-state index in [1.165, 1.54) is 5.56 Å². The van der Waals surface area contributed by atoms with E-state index in [-0.39, 0.29) is 0 Å². The maximum absolute atomic E-state index is 4.39. The first-order valence-electron chi connectivity index (χ1n) is 4.64. The second-order valence-electron chi connectivity index (χ2n) is 3.11. The van der Waals surface area contributed by atoms with Crippen molar-refractivity contribution in [1.82, 2.24) is 19.7 Å². The van der Waals surface area contributed by atoms with E-state index >= 15 is 0 Å². The Kier molecular flexibility index (Phi) is 2.26. The van der Waals surface area contributed by atoms with Gasteiger partial charge >= 0.3 is 0 Å². The second-order valence-corrected chi connectivity index (χ2v) is 3.11. The second kappa shape index (κ2) is 3.57. The summed E-state index contributed by atoms with van der Waals surface area (Å²) in [6.07, 6.45) is 6.32. The van der Waals surface area contributed by atoms with Crippen molar-refractivity contribution < 1.29 is 0 Å². The van der Waals surface area contributed by atoms with Gasteiger partial charge in [-0.25, -0.2) is 14.6 Å². The standard InChI is InChI=1S/C10H12N4/c1-3-9-8(2)7-14(13-9)10-11-5-4-6-12-10/h4-7H,3H2,1-2H3. The molecule has 0 aromatic carbocycles. The van der Waals surface area contributed by atoms with E-state index in [0.717, 1.165) is 12.1 Å². The molecule has 4 nitrogen and oxygen atoms in total. The minimum atomic E-state index is 0.621. The first-order valence-corrected chi connectivity index (χ1v) is 4.64. The summed E-state index contributed by atoms with van der Waals surface area (Å²) in [5, 5.41) is 4.39. The lowest BCUT2D eigenvalue weighted by molar-refractivity contribution is 0.785. The third-order valence-electron chi connectivity index (χ3n) is 2.09. The van der Waals surface area contributed by atoms with Crippen LogP contribution < -0.4 is 0 Å². The monoisotopic (exact) mass is 188 g/mol. The Hall–Kier alpha value is -1.71. The van der Waals surface area contributed by atoms with Gasteiger partial charge in [0.15, 0.2) is 0 Å². The van der Waals surface area contributed by atoms with Crippen LogP contribution in [-0.4, -0.2) is 19.7 Å². The number of aryl methyl sites for hydroxylation is 2. The van der Waals surface area contributed by atoms with E-state index in [0.29, 0.717) is 5.95 Å². The largest absolute Gasteiger partial charge is 0.250 e. The van der Waals surface area contributed by atoms with E-state index in [2.05, 4.69) is 22.0 Å². The predicted molar refractivity (Wildman–Crippen MR) is 53.3 cm³/mol. The molecular weight excluding hydrogens is 176 g/mol. The van der Waals surface area contributed by atoms with E-state index in [9.17, 15) is 0 Å². The van der Waals surface area contributed by atoms with Crippen molar-refractivity contribution >= 4 is 0 Å². The van der Waals surface area contributed by atoms with E-state index in [1.807, 2.05) is 13.1 Å². The van der Waals surface area contributed by atoms with Gasteiger partial charge in [-0.2, -0.15) is 5.10 Å². The van der Waals surface area contributed by atoms with E-state index < -0.39 is 0 Å². The third-order valence-corrected chi connectivity index (χ3v) is 2.09. The van der Waals surface area contributed by atoms with Crippen molar-refractivity contribution in [3.8, 4) is 5.95 Å². The van der Waals surface area contributed by atoms with Gasteiger partial charge in [0, 0.05) is 18.6 Å². The maximum Gasteiger partial charge on any atom is 0.250 e. The summed E-state index contributed by atoms with van der Waals surface area (Å²) < 4.78 is 1.72. The van der Waals surface area contributed by atoms with Gasteiger partial charge in [-0.05, 0) is 25.0 Å². The fraction of sp³-hybridized carbons (Fsp3) is 0.300. The number of hydrogen-bond acceptors (Lipinski definition) is 3. The molecule has 0 amide bonds. The van der Waals surface area contributed by atoms with Gasteiger partial charge in [-0.15, -0.1) is 0 Å². The molecule has 2 aromatic heterocycles. The lowest BCUT2D eigenvalue weighted by Crippen LogP contribution is -2.00. The molecule has 0 saturated carbocycles. The number of hydrogen-bond donors (Lipinski definition) is 0. The van der Waals surface area contributed by atoms with Crippen LogP contribution >= 0.6 is 0 Å². The number of nitrogens with zero attached hydrogens (tertiary/aromatic N) is 4. The van der Waals surface area contributed by atoms with Crippen LogP contribution in [0.4, 0.5) is 0 Å². The van der Waals surface area contributed by atoms with Crippen LogP contribution in [0, 0.1) is 6.92 Å². The van der Waals surface area contributed by atoms with Crippen LogP contribution in [0.1, 0.15) is 18.2 Å². The summed E-state index contributed by atoms with van der Waals surface area (Å²) in [5.41, 5.74) is 2.28. The van der Waals surface area contributed by atoms with Crippen LogP contribution in [0.2, 0.25) is 0 Å². The summed E-state index contributed by atoms with van der Waals surface area (Å²) in [6.45, 7) is 4.14. The van der Waals surface area contributed by atoms with Gasteiger partial charge in [0.25, 0.3) is 0 Å². The molecule has 0 spiro atoms. The average molecular weight is 188 g/mol. The highest BCUT2D eigenvalue weighted by Gasteiger charge is 2.05. The Morgan fingerprint density at radius 3 is 2.57 bits per heavy atom. The number of rotatable bonds is 2. The zero-order chi connectivity index (χ0) is 9.97. The average Bonchev–Trinajstić information content (AvgIpc) is 2.61. The maximum atomic E-state index is 4.39. The molecule has 0 fully saturated rings. The zero-order valence-electron chi connectivity index (χ0n) is 8.31. The lowest BCUT2D eigenvalue weighted by Gasteiger charge is -1.96. The van der Waals surface area contributed by atoms with E-state index in [1.54, 1.807) is 23.1 Å². The molecule has 0 aliphatic rings. The van der Waals surface area contributed by atoms with Crippen molar-refractivity contribution in [2.45, 2.75) is 20.3 Å². The molecule has 72 valence electrons. The van der Waals surface area contributed by atoms with Crippen molar-refractivity contribution in [1.29, 1.82) is 0 Å². The first-order chi connectivity index (χ1) is 6.81. The highest BCUT2D eigenvalue weighted by molar-refractivity contribution is 5.20. The molecule has 0 aliphatic heterocycles. The fourth-order valence-electron chi connectivity index (χ4n) is 1.36. The molecule has 2 rings (SSSR count). The predicted octanol–water partition coefficient (Wildman–Crippen LogP) is 1.53. The molecule has 2 aromatic rings. The van der Waals surface area contributed by atoms with Gasteiger partial charge < -0.3 is 0 Å². The van der Waals surface area contributed by atoms with Crippen LogP contribution in [0.15, 0.2) is 24.7 Å². The number of aromatic nitrogens is 4. The molecule has 0 bridgehead atoms. The Bertz CT molecular complexity index is 419. The van der Waals surface area contributed by atoms with Gasteiger partial charge in [0.05, 0.1) is 5.69 Å². The Morgan fingerprint density at radius 1 is 1.29 bits per heavy atom. The highest BCUT2D eigenvalue weighted by atomic mass is 15.3. The fourth-order valence-corrected chi connectivity index (χ4v) is 1.36. The van der Waals surface area contributed by atoms with Crippen LogP contribution in [0.25, 0.3) is 5.95 Å².